The van der Waals surface area contributed by atoms with Crippen LogP contribution in [0.3, 0.4) is 0 Å². The molecule has 0 saturated heterocycles. The van der Waals surface area contributed by atoms with Crippen molar-refractivity contribution in [3.05, 3.63) is 59.2 Å². The molecule has 1 aliphatic heterocycles. The fourth-order valence-corrected chi connectivity index (χ4v) is 4.83. The number of fused-ring (bicyclic) bond motifs is 1. The van der Waals surface area contributed by atoms with Gasteiger partial charge in [-0.2, -0.15) is 0 Å². The Kier molecular flexibility index (Phi) is 6.90. The van der Waals surface area contributed by atoms with E-state index in [0.29, 0.717) is 11.6 Å². The smallest absolute Gasteiger partial charge is 0.183 e. The number of hydrogen-bond donors (Lipinski definition) is 0. The maximum Gasteiger partial charge on any atom is 0.183 e. The third-order valence-electron chi connectivity index (χ3n) is 6.48. The molecule has 2 aliphatic rings. The van der Waals surface area contributed by atoms with Gasteiger partial charge in [-0.1, -0.05) is 19.3 Å². The van der Waals surface area contributed by atoms with Crippen LogP contribution in [-0.4, -0.2) is 36.2 Å². The molecule has 5 heteroatoms. The van der Waals surface area contributed by atoms with E-state index in [2.05, 4.69) is 23.1 Å². The largest absolute Gasteiger partial charge is 0.497 e. The lowest BCUT2D eigenvalue weighted by atomic mass is 9.93. The van der Waals surface area contributed by atoms with Crippen LogP contribution in [0.2, 0.25) is 0 Å². The number of rotatable bonds is 5. The third-order valence-corrected chi connectivity index (χ3v) is 6.66. The monoisotopic (exact) mass is 452 g/mol. The first-order valence-corrected chi connectivity index (χ1v) is 12.1. The average molecular weight is 453 g/mol. The SMILES string of the molecule is COc1ccc(C(=NC2CCCCC2)N2CCCc3cc(C(=O)C(C)(C)Cl)ccc32)cc1. The number of ketones is 1. The van der Waals surface area contributed by atoms with E-state index in [4.69, 9.17) is 21.3 Å². The van der Waals surface area contributed by atoms with E-state index in [-0.39, 0.29) is 5.78 Å². The van der Waals surface area contributed by atoms with Crippen molar-refractivity contribution in [3.63, 3.8) is 0 Å². The molecule has 0 aromatic heterocycles. The van der Waals surface area contributed by atoms with Gasteiger partial charge in [0, 0.05) is 23.4 Å². The molecule has 4 nitrogen and oxygen atoms in total. The Morgan fingerprint density at radius 3 is 2.38 bits per heavy atom. The summed E-state index contributed by atoms with van der Waals surface area (Å²) in [4.78, 5) is 19.5. The summed E-state index contributed by atoms with van der Waals surface area (Å²) in [5.74, 6) is 1.83. The molecule has 1 fully saturated rings. The molecule has 1 heterocycles. The molecular weight excluding hydrogens is 420 g/mol. The number of nitrogens with zero attached hydrogens (tertiary/aromatic N) is 2. The highest BCUT2D eigenvalue weighted by atomic mass is 35.5. The van der Waals surface area contributed by atoms with Crippen LogP contribution in [0.25, 0.3) is 0 Å². The second-order valence-corrected chi connectivity index (χ2v) is 10.3. The van der Waals surface area contributed by atoms with Crippen LogP contribution in [0.15, 0.2) is 47.5 Å². The van der Waals surface area contributed by atoms with Crippen molar-refractivity contribution in [2.24, 2.45) is 4.99 Å². The van der Waals surface area contributed by atoms with Gasteiger partial charge in [0.15, 0.2) is 5.78 Å². The number of carbonyl (C=O) groups excluding carboxylic acids is 1. The van der Waals surface area contributed by atoms with Crippen molar-refractivity contribution in [3.8, 4) is 5.75 Å². The maximum absolute atomic E-state index is 12.7. The summed E-state index contributed by atoms with van der Waals surface area (Å²) in [6.07, 6.45) is 8.09. The predicted molar refractivity (Wildman–Crippen MR) is 133 cm³/mol. The number of amidine groups is 1. The van der Waals surface area contributed by atoms with E-state index < -0.39 is 4.87 Å². The first-order valence-electron chi connectivity index (χ1n) is 11.7. The summed E-state index contributed by atoms with van der Waals surface area (Å²) in [5.41, 5.74) is 4.12. The number of carbonyl (C=O) groups is 1. The summed E-state index contributed by atoms with van der Waals surface area (Å²) < 4.78 is 5.37. The Hall–Kier alpha value is -2.33. The zero-order chi connectivity index (χ0) is 22.7. The third kappa shape index (κ3) is 5.01. The molecule has 0 N–H and O–H groups in total. The van der Waals surface area contributed by atoms with E-state index in [0.717, 1.165) is 55.1 Å². The summed E-state index contributed by atoms with van der Waals surface area (Å²) in [6.45, 7) is 4.42. The minimum absolute atomic E-state index is 0.0367. The molecule has 0 unspecified atom stereocenters. The number of halogens is 1. The Morgan fingerprint density at radius 1 is 1.03 bits per heavy atom. The van der Waals surface area contributed by atoms with Gasteiger partial charge in [-0.05, 0) is 87.6 Å². The van der Waals surface area contributed by atoms with Crippen LogP contribution < -0.4 is 9.64 Å². The summed E-state index contributed by atoms with van der Waals surface area (Å²) in [5, 5.41) is 0. The van der Waals surface area contributed by atoms with Crippen LogP contribution in [0.5, 0.6) is 5.75 Å². The lowest BCUT2D eigenvalue weighted by Gasteiger charge is -2.34. The van der Waals surface area contributed by atoms with Crippen molar-refractivity contribution < 1.29 is 9.53 Å². The normalized spacial score (nSPS) is 17.8. The van der Waals surface area contributed by atoms with E-state index in [1.54, 1.807) is 21.0 Å². The quantitative estimate of drug-likeness (QED) is 0.227. The summed E-state index contributed by atoms with van der Waals surface area (Å²) in [6, 6.07) is 14.6. The first-order chi connectivity index (χ1) is 15.4. The van der Waals surface area contributed by atoms with Crippen LogP contribution in [-0.2, 0) is 6.42 Å². The standard InChI is InChI=1S/C27H33ClN2O2/c1-27(2,28)25(31)21-13-16-24-20(18-21)8-7-17-30(24)26(29-22-9-5-4-6-10-22)19-11-14-23(32-3)15-12-19/h11-16,18,22H,4-10,17H2,1-3H3. The Balaban J connectivity index is 1.73. The minimum atomic E-state index is -0.903. The summed E-state index contributed by atoms with van der Waals surface area (Å²) >= 11 is 6.30. The predicted octanol–water partition coefficient (Wildman–Crippen LogP) is 6.43. The molecular formula is C27H33ClN2O2. The highest BCUT2D eigenvalue weighted by Crippen LogP contribution is 2.33. The molecule has 170 valence electrons. The van der Waals surface area contributed by atoms with Gasteiger partial charge >= 0.3 is 0 Å². The fourth-order valence-electron chi connectivity index (χ4n) is 4.72. The number of anilines is 1. The van der Waals surface area contributed by atoms with Crippen LogP contribution >= 0.6 is 11.6 Å². The lowest BCUT2D eigenvalue weighted by Crippen LogP contribution is -2.37. The Labute approximate surface area is 196 Å². The number of hydrogen-bond acceptors (Lipinski definition) is 3. The van der Waals surface area contributed by atoms with E-state index in [1.807, 2.05) is 24.3 Å². The van der Waals surface area contributed by atoms with Gasteiger partial charge < -0.3 is 9.64 Å². The fraction of sp³-hybridized carbons (Fsp3) is 0.481. The number of alkyl halides is 1. The molecule has 32 heavy (non-hydrogen) atoms. The molecule has 2 aromatic rings. The van der Waals surface area contributed by atoms with E-state index in [1.165, 1.54) is 24.8 Å². The van der Waals surface area contributed by atoms with Crippen molar-refractivity contribution >= 4 is 28.9 Å². The zero-order valence-corrected chi connectivity index (χ0v) is 20.1. The number of ether oxygens (including phenoxy) is 1. The van der Waals surface area contributed by atoms with Crippen LogP contribution in [0.1, 0.15) is 73.9 Å². The van der Waals surface area contributed by atoms with Gasteiger partial charge in [0.25, 0.3) is 0 Å². The van der Waals surface area contributed by atoms with Gasteiger partial charge in [0.2, 0.25) is 0 Å². The first kappa shape index (κ1) is 22.8. The van der Waals surface area contributed by atoms with Crippen LogP contribution in [0, 0.1) is 0 Å². The highest BCUT2D eigenvalue weighted by molar-refractivity contribution is 6.37. The van der Waals surface area contributed by atoms with Gasteiger partial charge in [-0.25, -0.2) is 0 Å². The second-order valence-electron chi connectivity index (χ2n) is 9.37. The summed E-state index contributed by atoms with van der Waals surface area (Å²) in [7, 11) is 1.69. The molecule has 4 rings (SSSR count). The molecule has 0 radical (unpaired) electrons. The van der Waals surface area contributed by atoms with Crippen LogP contribution in [0.4, 0.5) is 5.69 Å². The molecule has 0 spiro atoms. The molecule has 0 amide bonds. The van der Waals surface area contributed by atoms with Gasteiger partial charge in [-0.15, -0.1) is 11.6 Å². The van der Waals surface area contributed by atoms with Gasteiger partial charge in [-0.3, -0.25) is 9.79 Å². The Morgan fingerprint density at radius 2 is 1.72 bits per heavy atom. The van der Waals surface area contributed by atoms with Gasteiger partial charge in [0.05, 0.1) is 13.2 Å². The number of aryl methyl sites for hydroxylation is 1. The van der Waals surface area contributed by atoms with Crippen molar-refractivity contribution in [2.75, 3.05) is 18.6 Å². The topological polar surface area (TPSA) is 41.9 Å². The Bertz CT molecular complexity index is 986. The average Bonchev–Trinajstić information content (AvgIpc) is 2.81. The van der Waals surface area contributed by atoms with Crippen molar-refractivity contribution in [2.45, 2.75) is 69.7 Å². The number of methoxy groups -OCH3 is 1. The molecule has 1 saturated carbocycles. The number of benzene rings is 2. The number of Topliss-reactive ketones (excluding diaryl/α,β-unsaturated/α-hetero) is 1. The number of aliphatic imine (C=N–C) groups is 1. The van der Waals surface area contributed by atoms with Crippen molar-refractivity contribution in [1.82, 2.24) is 0 Å². The molecule has 1 aliphatic carbocycles. The zero-order valence-electron chi connectivity index (χ0n) is 19.4. The second kappa shape index (κ2) is 9.66. The van der Waals surface area contributed by atoms with E-state index in [9.17, 15) is 4.79 Å². The minimum Gasteiger partial charge on any atom is -0.497 e. The van der Waals surface area contributed by atoms with Crippen molar-refractivity contribution in [1.29, 1.82) is 0 Å². The lowest BCUT2D eigenvalue weighted by molar-refractivity contribution is 0.0954. The van der Waals surface area contributed by atoms with E-state index >= 15 is 0 Å². The molecule has 0 atom stereocenters. The van der Waals surface area contributed by atoms with Gasteiger partial charge in [0.1, 0.15) is 16.5 Å². The molecule has 0 bridgehead atoms. The highest BCUT2D eigenvalue weighted by Gasteiger charge is 2.29. The molecule has 2 aromatic carbocycles. The maximum atomic E-state index is 12.7.